The highest BCUT2D eigenvalue weighted by Gasteiger charge is 2.14. The van der Waals surface area contributed by atoms with E-state index in [9.17, 15) is 19.7 Å². The van der Waals surface area contributed by atoms with Gasteiger partial charge in [0.25, 0.3) is 17.2 Å². The lowest BCUT2D eigenvalue weighted by atomic mass is 10.2. The van der Waals surface area contributed by atoms with Crippen LogP contribution in [0.3, 0.4) is 0 Å². The van der Waals surface area contributed by atoms with E-state index in [2.05, 4.69) is 20.5 Å². The normalized spacial score (nSPS) is 11.0. The van der Waals surface area contributed by atoms with Crippen molar-refractivity contribution in [2.45, 2.75) is 10.1 Å². The SMILES string of the molecule is O=C(NN=Cc1c(Sc2ccccn2)nc2ccccn2c1=O)c1cccc([N+](=O)[O-])c1. The van der Waals surface area contributed by atoms with Gasteiger partial charge in [0.2, 0.25) is 0 Å². The van der Waals surface area contributed by atoms with Crippen LogP contribution in [0.1, 0.15) is 15.9 Å². The van der Waals surface area contributed by atoms with Gasteiger partial charge in [0.15, 0.2) is 0 Å². The summed E-state index contributed by atoms with van der Waals surface area (Å²) in [5.41, 5.74) is 2.37. The molecule has 158 valence electrons. The summed E-state index contributed by atoms with van der Waals surface area (Å²) in [4.78, 5) is 44.4. The van der Waals surface area contributed by atoms with Crippen LogP contribution in [-0.4, -0.2) is 31.4 Å². The van der Waals surface area contributed by atoms with Gasteiger partial charge in [-0.3, -0.25) is 24.1 Å². The van der Waals surface area contributed by atoms with Gasteiger partial charge in [0.1, 0.15) is 15.7 Å². The van der Waals surface area contributed by atoms with E-state index in [4.69, 9.17) is 0 Å². The predicted molar refractivity (Wildman–Crippen MR) is 118 cm³/mol. The highest BCUT2D eigenvalue weighted by molar-refractivity contribution is 7.99. The molecule has 0 saturated carbocycles. The van der Waals surface area contributed by atoms with Gasteiger partial charge >= 0.3 is 0 Å². The number of nitro benzene ring substituents is 1. The van der Waals surface area contributed by atoms with Crippen molar-refractivity contribution >= 4 is 35.2 Å². The van der Waals surface area contributed by atoms with Gasteiger partial charge in [-0.05, 0) is 42.1 Å². The molecular formula is C21H14N6O4S. The number of carbonyl (C=O) groups excluding carboxylic acids is 1. The van der Waals surface area contributed by atoms with Crippen molar-refractivity contribution in [1.82, 2.24) is 19.8 Å². The molecule has 10 nitrogen and oxygen atoms in total. The van der Waals surface area contributed by atoms with Crippen molar-refractivity contribution in [3.8, 4) is 0 Å². The number of hydrogen-bond donors (Lipinski definition) is 1. The summed E-state index contributed by atoms with van der Waals surface area (Å²) < 4.78 is 1.37. The number of amides is 1. The second-order valence-electron chi connectivity index (χ2n) is 6.34. The molecule has 4 rings (SSSR count). The van der Waals surface area contributed by atoms with Crippen LogP contribution < -0.4 is 11.0 Å². The summed E-state index contributed by atoms with van der Waals surface area (Å²) in [6, 6.07) is 15.8. The largest absolute Gasteiger partial charge is 0.271 e. The van der Waals surface area contributed by atoms with E-state index < -0.39 is 10.8 Å². The number of pyridine rings is 2. The van der Waals surface area contributed by atoms with Gasteiger partial charge in [-0.15, -0.1) is 0 Å². The Morgan fingerprint density at radius 2 is 2.00 bits per heavy atom. The number of nitrogens with one attached hydrogen (secondary N) is 1. The van der Waals surface area contributed by atoms with Gasteiger partial charge in [0.05, 0.1) is 16.7 Å². The second-order valence-corrected chi connectivity index (χ2v) is 7.35. The van der Waals surface area contributed by atoms with Crippen molar-refractivity contribution in [3.63, 3.8) is 0 Å². The maximum atomic E-state index is 13.0. The number of hydrazone groups is 1. The Hall–Kier alpha value is -4.38. The van der Waals surface area contributed by atoms with Crippen LogP contribution in [0.4, 0.5) is 5.69 Å². The van der Waals surface area contributed by atoms with Gasteiger partial charge in [-0.1, -0.05) is 18.2 Å². The van der Waals surface area contributed by atoms with Crippen molar-refractivity contribution < 1.29 is 9.72 Å². The molecule has 0 saturated heterocycles. The number of aromatic nitrogens is 3. The minimum Gasteiger partial charge on any atom is -0.268 e. The molecule has 0 aliphatic carbocycles. The Labute approximate surface area is 184 Å². The second kappa shape index (κ2) is 9.18. The Kier molecular flexibility index (Phi) is 5.99. The predicted octanol–water partition coefficient (Wildman–Crippen LogP) is 2.91. The molecule has 1 aromatic carbocycles. The third kappa shape index (κ3) is 4.52. The summed E-state index contributed by atoms with van der Waals surface area (Å²) in [5, 5.41) is 15.8. The van der Waals surface area contributed by atoms with Crippen molar-refractivity contribution in [2.75, 3.05) is 0 Å². The molecule has 3 aromatic heterocycles. The Bertz CT molecular complexity index is 1400. The third-order valence-electron chi connectivity index (χ3n) is 4.25. The molecule has 0 radical (unpaired) electrons. The minimum absolute atomic E-state index is 0.0628. The smallest absolute Gasteiger partial charge is 0.268 e. The number of carbonyl (C=O) groups is 1. The Balaban J connectivity index is 1.66. The zero-order valence-corrected chi connectivity index (χ0v) is 17.1. The number of benzene rings is 1. The Morgan fingerprint density at radius 3 is 2.78 bits per heavy atom. The van der Waals surface area contributed by atoms with E-state index in [-0.39, 0.29) is 22.4 Å². The number of hydrogen-bond acceptors (Lipinski definition) is 8. The molecule has 0 atom stereocenters. The summed E-state index contributed by atoms with van der Waals surface area (Å²) in [6.07, 6.45) is 4.41. The van der Waals surface area contributed by atoms with Crippen molar-refractivity contribution in [3.05, 3.63) is 105 Å². The highest BCUT2D eigenvalue weighted by Crippen LogP contribution is 2.25. The molecular weight excluding hydrogens is 432 g/mol. The zero-order chi connectivity index (χ0) is 22.5. The van der Waals surface area contributed by atoms with Crippen molar-refractivity contribution in [2.24, 2.45) is 5.10 Å². The maximum absolute atomic E-state index is 13.0. The first-order chi connectivity index (χ1) is 15.5. The standard InChI is InChI=1S/C21H14N6O4S/c28-19(14-6-5-7-15(12-14)27(30)31)25-23-13-16-20(32-18-9-1-3-10-22-18)24-17-8-2-4-11-26(17)21(16)29/h1-13H,(H,25,28). The van der Waals surface area contributed by atoms with Crippen LogP contribution in [0.5, 0.6) is 0 Å². The van der Waals surface area contributed by atoms with E-state index in [1.54, 1.807) is 42.7 Å². The van der Waals surface area contributed by atoms with E-state index in [0.29, 0.717) is 15.7 Å². The lowest BCUT2D eigenvalue weighted by Gasteiger charge is -2.07. The molecule has 0 unspecified atom stereocenters. The van der Waals surface area contributed by atoms with E-state index in [0.717, 1.165) is 6.07 Å². The molecule has 0 aliphatic heterocycles. The lowest BCUT2D eigenvalue weighted by molar-refractivity contribution is -0.384. The zero-order valence-electron chi connectivity index (χ0n) is 16.3. The van der Waals surface area contributed by atoms with Crippen LogP contribution in [0.25, 0.3) is 5.65 Å². The number of nitrogens with zero attached hydrogens (tertiary/aromatic N) is 5. The lowest BCUT2D eigenvalue weighted by Crippen LogP contribution is -2.23. The van der Waals surface area contributed by atoms with Gasteiger partial charge in [-0.25, -0.2) is 15.4 Å². The Morgan fingerprint density at radius 1 is 1.16 bits per heavy atom. The topological polar surface area (TPSA) is 132 Å². The van der Waals surface area contributed by atoms with E-state index in [1.165, 1.54) is 40.6 Å². The summed E-state index contributed by atoms with van der Waals surface area (Å²) in [6.45, 7) is 0. The van der Waals surface area contributed by atoms with Crippen LogP contribution in [0.15, 0.2) is 93.0 Å². The highest BCUT2D eigenvalue weighted by atomic mass is 32.2. The van der Waals surface area contributed by atoms with Crippen LogP contribution in [-0.2, 0) is 0 Å². The first-order valence-corrected chi connectivity index (χ1v) is 10.0. The fourth-order valence-corrected chi connectivity index (χ4v) is 3.61. The molecule has 0 bridgehead atoms. The molecule has 11 heteroatoms. The summed E-state index contributed by atoms with van der Waals surface area (Å²) in [7, 11) is 0. The molecule has 0 spiro atoms. The fourth-order valence-electron chi connectivity index (χ4n) is 2.76. The average Bonchev–Trinajstić information content (AvgIpc) is 2.81. The van der Waals surface area contributed by atoms with Gasteiger partial charge in [0, 0.05) is 30.1 Å². The molecule has 32 heavy (non-hydrogen) atoms. The van der Waals surface area contributed by atoms with Crippen LogP contribution in [0.2, 0.25) is 0 Å². The first-order valence-electron chi connectivity index (χ1n) is 9.21. The molecule has 4 aromatic rings. The van der Waals surface area contributed by atoms with Crippen LogP contribution in [0, 0.1) is 10.1 Å². The molecule has 0 aliphatic rings. The summed E-state index contributed by atoms with van der Waals surface area (Å²) in [5.74, 6) is -0.655. The van der Waals surface area contributed by atoms with E-state index >= 15 is 0 Å². The molecule has 3 heterocycles. The molecule has 1 amide bonds. The molecule has 1 N–H and O–H groups in total. The minimum atomic E-state index is -0.655. The third-order valence-corrected chi connectivity index (χ3v) is 5.21. The number of rotatable bonds is 6. The first kappa shape index (κ1) is 20.9. The number of non-ortho nitro benzene ring substituents is 1. The van der Waals surface area contributed by atoms with E-state index in [1.807, 2.05) is 6.07 Å². The van der Waals surface area contributed by atoms with Gasteiger partial charge < -0.3 is 0 Å². The molecule has 0 fully saturated rings. The van der Waals surface area contributed by atoms with Gasteiger partial charge in [-0.2, -0.15) is 5.10 Å². The summed E-state index contributed by atoms with van der Waals surface area (Å²) >= 11 is 1.19. The average molecular weight is 446 g/mol. The van der Waals surface area contributed by atoms with Crippen molar-refractivity contribution in [1.29, 1.82) is 0 Å². The fraction of sp³-hybridized carbons (Fsp3) is 0. The van der Waals surface area contributed by atoms with Crippen LogP contribution >= 0.6 is 11.8 Å². The number of nitro groups is 1. The monoisotopic (exact) mass is 446 g/mol. The maximum Gasteiger partial charge on any atom is 0.271 e. The number of fused-ring (bicyclic) bond motifs is 1. The quantitative estimate of drug-likeness (QED) is 0.208.